The Balaban J connectivity index is 1.55. The van der Waals surface area contributed by atoms with Crippen molar-refractivity contribution >= 4 is 34.0 Å². The molecule has 9 heteroatoms. The number of rotatable bonds is 5. The topological polar surface area (TPSA) is 109 Å². The van der Waals surface area contributed by atoms with Gasteiger partial charge in [0.25, 0.3) is 0 Å². The fraction of sp³-hybridized carbons (Fsp3) is 0.296. The number of nitriles is 1. The molecule has 1 unspecified atom stereocenters. The Morgan fingerprint density at radius 1 is 1.22 bits per heavy atom. The lowest BCUT2D eigenvalue weighted by molar-refractivity contribution is -0.118. The van der Waals surface area contributed by atoms with Gasteiger partial charge in [-0.1, -0.05) is 72.8 Å². The Kier molecular flexibility index (Phi) is 6.41. The van der Waals surface area contributed by atoms with Gasteiger partial charge in [-0.2, -0.15) is 5.26 Å². The van der Waals surface area contributed by atoms with Crippen molar-refractivity contribution in [2.45, 2.75) is 49.6 Å². The number of ketones is 1. The van der Waals surface area contributed by atoms with Crippen molar-refractivity contribution < 1.29 is 4.79 Å². The highest BCUT2D eigenvalue weighted by Crippen LogP contribution is 2.50. The molecule has 0 amide bonds. The molecule has 0 fully saturated rings. The summed E-state index contributed by atoms with van der Waals surface area (Å²) in [6, 6.07) is 14.4. The van der Waals surface area contributed by atoms with Gasteiger partial charge in [0.15, 0.2) is 10.1 Å². The van der Waals surface area contributed by atoms with Crippen molar-refractivity contribution in [2.75, 3.05) is 4.90 Å². The molecular weight excluding hydrogens is 488 g/mol. The molecule has 2 aliphatic rings. The zero-order valence-electron chi connectivity index (χ0n) is 20.4. The number of hydrogen-bond acceptors (Lipinski definition) is 9. The number of carbonyl (C=O) groups is 1. The normalized spacial score (nSPS) is 19.3. The highest BCUT2D eigenvalue weighted by Gasteiger charge is 2.45. The van der Waals surface area contributed by atoms with Gasteiger partial charge in [0.2, 0.25) is 5.13 Å². The molecule has 0 spiro atoms. The maximum absolute atomic E-state index is 13.5. The van der Waals surface area contributed by atoms with Crippen molar-refractivity contribution in [1.82, 2.24) is 15.2 Å². The van der Waals surface area contributed by atoms with E-state index >= 15 is 0 Å². The van der Waals surface area contributed by atoms with Crippen LogP contribution in [0, 0.1) is 23.7 Å². The minimum atomic E-state index is -0.540. The van der Waals surface area contributed by atoms with Gasteiger partial charge in [0, 0.05) is 35.8 Å². The van der Waals surface area contributed by atoms with Gasteiger partial charge in [-0.25, -0.2) is 0 Å². The summed E-state index contributed by atoms with van der Waals surface area (Å²) < 4.78 is 0.801. The number of hydrogen-bond donors (Lipinski definition) is 1. The summed E-state index contributed by atoms with van der Waals surface area (Å²) in [6.07, 6.45) is 4.42. The molecule has 182 valence electrons. The summed E-state index contributed by atoms with van der Waals surface area (Å²) in [5, 5.41) is 19.6. The van der Waals surface area contributed by atoms with Crippen molar-refractivity contribution in [3.8, 4) is 6.07 Å². The van der Waals surface area contributed by atoms with Gasteiger partial charge in [-0.05, 0) is 36.0 Å². The molecule has 2 aromatic heterocycles. The zero-order chi connectivity index (χ0) is 25.4. The first kappa shape index (κ1) is 24.2. The number of pyridine rings is 1. The zero-order valence-corrected chi connectivity index (χ0v) is 22.0. The highest BCUT2D eigenvalue weighted by molar-refractivity contribution is 8.00. The van der Waals surface area contributed by atoms with E-state index in [9.17, 15) is 10.1 Å². The van der Waals surface area contributed by atoms with Crippen LogP contribution in [0.25, 0.3) is 0 Å². The van der Waals surface area contributed by atoms with Crippen LogP contribution in [0.4, 0.5) is 5.13 Å². The van der Waals surface area contributed by atoms with Crippen molar-refractivity contribution in [1.29, 1.82) is 5.26 Å². The monoisotopic (exact) mass is 514 g/mol. The number of allylic oxidation sites excluding steroid dienone is 3. The molecule has 0 saturated carbocycles. The fourth-order valence-electron chi connectivity index (χ4n) is 4.79. The number of aryl methyl sites for hydroxylation is 1. The van der Waals surface area contributed by atoms with Crippen LogP contribution in [0.3, 0.4) is 0 Å². The van der Waals surface area contributed by atoms with Crippen molar-refractivity contribution in [3.63, 3.8) is 0 Å². The van der Waals surface area contributed by atoms with Gasteiger partial charge in [-0.15, -0.1) is 10.2 Å². The second kappa shape index (κ2) is 9.52. The molecule has 0 saturated heterocycles. The Morgan fingerprint density at radius 2 is 2.00 bits per heavy atom. The number of anilines is 1. The summed E-state index contributed by atoms with van der Waals surface area (Å²) in [6.45, 7) is 6.22. The molecule has 3 aromatic rings. The lowest BCUT2D eigenvalue weighted by Gasteiger charge is -2.42. The minimum absolute atomic E-state index is 0.0267. The van der Waals surface area contributed by atoms with E-state index in [4.69, 9.17) is 5.73 Å². The molecule has 3 heterocycles. The molecule has 0 bridgehead atoms. The average molecular weight is 515 g/mol. The Bertz CT molecular complexity index is 1420. The van der Waals surface area contributed by atoms with Crippen LogP contribution in [-0.2, 0) is 10.5 Å². The Morgan fingerprint density at radius 3 is 2.69 bits per heavy atom. The molecule has 1 atom stereocenters. The first-order valence-electron chi connectivity index (χ1n) is 11.7. The van der Waals surface area contributed by atoms with Crippen molar-refractivity contribution in [3.05, 3.63) is 88.1 Å². The van der Waals surface area contributed by atoms with Crippen LogP contribution in [0.15, 0.2) is 75.8 Å². The number of nitrogens with two attached hydrogens (primary N) is 1. The number of carbonyl (C=O) groups excluding carboxylic acids is 1. The van der Waals surface area contributed by atoms with Gasteiger partial charge in [0.1, 0.15) is 5.82 Å². The van der Waals surface area contributed by atoms with E-state index in [-0.39, 0.29) is 11.2 Å². The quantitative estimate of drug-likeness (QED) is 0.446. The molecule has 36 heavy (non-hydrogen) atoms. The Labute approximate surface area is 218 Å². The van der Waals surface area contributed by atoms with Crippen LogP contribution in [-0.4, -0.2) is 21.0 Å². The molecular formula is C27H26N6OS2. The number of nitrogens with zero attached hydrogens (tertiary/aromatic N) is 5. The predicted molar refractivity (Wildman–Crippen MR) is 142 cm³/mol. The number of benzene rings is 1. The van der Waals surface area contributed by atoms with Crippen LogP contribution >= 0.6 is 23.1 Å². The van der Waals surface area contributed by atoms with Gasteiger partial charge in [-0.3, -0.25) is 14.7 Å². The van der Waals surface area contributed by atoms with E-state index in [2.05, 4.69) is 66.3 Å². The lowest BCUT2D eigenvalue weighted by Crippen LogP contribution is -2.42. The third kappa shape index (κ3) is 4.54. The molecule has 1 aliphatic heterocycles. The predicted octanol–water partition coefficient (Wildman–Crippen LogP) is 5.47. The summed E-state index contributed by atoms with van der Waals surface area (Å²) in [4.78, 5) is 19.6. The van der Waals surface area contributed by atoms with E-state index in [1.807, 2.05) is 12.1 Å². The smallest absolute Gasteiger partial charge is 0.219 e. The third-order valence-corrected chi connectivity index (χ3v) is 8.58. The van der Waals surface area contributed by atoms with Crippen LogP contribution < -0.4 is 10.6 Å². The molecule has 5 rings (SSSR count). The molecule has 7 nitrogen and oxygen atoms in total. The standard InChI is InChI=1S/C27H26N6OS2/c1-16-6-8-17(9-7-16)15-35-26-32-31-25(36-26)33-20-11-27(2,3)12-21(34)23(20)22(19(13-28)24(33)29)18-5-4-10-30-14-18/h4-10,14,22H,11-12,15,29H2,1-3H3. The number of thioether (sulfide) groups is 1. The third-order valence-electron chi connectivity index (χ3n) is 6.47. The summed E-state index contributed by atoms with van der Waals surface area (Å²) >= 11 is 3.02. The van der Waals surface area contributed by atoms with E-state index in [1.54, 1.807) is 29.1 Å². The molecule has 2 N–H and O–H groups in total. The van der Waals surface area contributed by atoms with Gasteiger partial charge < -0.3 is 5.73 Å². The van der Waals surface area contributed by atoms with E-state index in [0.717, 1.165) is 21.4 Å². The second-order valence-corrected chi connectivity index (χ2v) is 12.1. The molecule has 1 aromatic carbocycles. The summed E-state index contributed by atoms with van der Waals surface area (Å²) in [5.74, 6) is 0.550. The fourth-order valence-corrected chi connectivity index (χ4v) is 6.62. The summed E-state index contributed by atoms with van der Waals surface area (Å²) in [5.41, 5.74) is 11.4. The van der Waals surface area contributed by atoms with Gasteiger partial charge in [0.05, 0.1) is 17.6 Å². The number of Topliss-reactive ketones (excluding diaryl/α,β-unsaturated/α-hetero) is 1. The molecule has 1 aliphatic carbocycles. The average Bonchev–Trinajstić information content (AvgIpc) is 3.31. The summed E-state index contributed by atoms with van der Waals surface area (Å²) in [7, 11) is 0. The van der Waals surface area contributed by atoms with E-state index in [0.29, 0.717) is 34.9 Å². The largest absolute Gasteiger partial charge is 0.384 e. The van der Waals surface area contributed by atoms with E-state index < -0.39 is 5.92 Å². The molecule has 0 radical (unpaired) electrons. The number of aromatic nitrogens is 3. The maximum Gasteiger partial charge on any atom is 0.219 e. The van der Waals surface area contributed by atoms with E-state index in [1.165, 1.54) is 22.5 Å². The highest BCUT2D eigenvalue weighted by atomic mass is 32.2. The SMILES string of the molecule is Cc1ccc(CSc2nnc(N3C(N)=C(C#N)C(c4cccnc4)C4=C3CC(C)(C)CC4=O)s2)cc1. The van der Waals surface area contributed by atoms with Crippen LogP contribution in [0.2, 0.25) is 0 Å². The Hall–Kier alpha value is -3.48. The van der Waals surface area contributed by atoms with Crippen LogP contribution in [0.5, 0.6) is 0 Å². The minimum Gasteiger partial charge on any atom is -0.384 e. The van der Waals surface area contributed by atoms with Crippen LogP contribution in [0.1, 0.15) is 49.3 Å². The maximum atomic E-state index is 13.5. The van der Waals surface area contributed by atoms with Gasteiger partial charge >= 0.3 is 0 Å². The second-order valence-electron chi connectivity index (χ2n) is 9.89. The first-order valence-corrected chi connectivity index (χ1v) is 13.5. The lowest BCUT2D eigenvalue weighted by atomic mass is 9.69. The first-order chi connectivity index (χ1) is 17.3. The van der Waals surface area contributed by atoms with Crippen molar-refractivity contribution in [2.24, 2.45) is 11.1 Å².